The molecular weight excluding hydrogens is 188 g/mol. The molecule has 0 N–H and O–H groups in total. The molecule has 0 saturated carbocycles. The minimum atomic E-state index is 0.438. The van der Waals surface area contributed by atoms with Crippen LogP contribution in [0.5, 0.6) is 6.01 Å². The summed E-state index contributed by atoms with van der Waals surface area (Å²) in [7, 11) is 0. The van der Waals surface area contributed by atoms with Crippen LogP contribution in [-0.2, 0) is 5.88 Å². The van der Waals surface area contributed by atoms with Gasteiger partial charge >= 0.3 is 6.01 Å². The van der Waals surface area contributed by atoms with Crippen molar-refractivity contribution >= 4 is 11.6 Å². The number of alkyl halides is 1. The fraction of sp³-hybridized carbons (Fsp3) is 0.556. The van der Waals surface area contributed by atoms with Crippen molar-refractivity contribution in [2.75, 3.05) is 6.61 Å². The van der Waals surface area contributed by atoms with Gasteiger partial charge in [0.05, 0.1) is 12.5 Å². The van der Waals surface area contributed by atoms with Gasteiger partial charge < -0.3 is 4.74 Å². The zero-order chi connectivity index (χ0) is 9.68. The van der Waals surface area contributed by atoms with E-state index in [9.17, 15) is 0 Å². The zero-order valence-corrected chi connectivity index (χ0v) is 8.64. The van der Waals surface area contributed by atoms with Gasteiger partial charge in [0.25, 0.3) is 0 Å². The standard InChI is InChI=1S/C9H13ClN2O/c1-3-4-13-9-11-6-8(5-10)7(2)12-9/h6H,3-5H2,1-2H3. The lowest BCUT2D eigenvalue weighted by Crippen LogP contribution is -2.02. The van der Waals surface area contributed by atoms with E-state index in [1.807, 2.05) is 13.8 Å². The predicted molar refractivity (Wildman–Crippen MR) is 52.1 cm³/mol. The first kappa shape index (κ1) is 10.3. The molecule has 0 spiro atoms. The van der Waals surface area contributed by atoms with Crippen molar-refractivity contribution in [1.29, 1.82) is 0 Å². The van der Waals surface area contributed by atoms with Crippen LogP contribution in [0.1, 0.15) is 24.6 Å². The zero-order valence-electron chi connectivity index (χ0n) is 7.88. The number of halogens is 1. The van der Waals surface area contributed by atoms with Crippen LogP contribution in [0.4, 0.5) is 0 Å². The SMILES string of the molecule is CCCOc1ncc(CCl)c(C)n1. The van der Waals surface area contributed by atoms with Crippen molar-refractivity contribution in [3.05, 3.63) is 17.5 Å². The third-order valence-corrected chi connectivity index (χ3v) is 1.93. The summed E-state index contributed by atoms with van der Waals surface area (Å²) >= 11 is 5.67. The summed E-state index contributed by atoms with van der Waals surface area (Å²) in [5.41, 5.74) is 1.83. The van der Waals surface area contributed by atoms with Crippen molar-refractivity contribution < 1.29 is 4.74 Å². The summed E-state index contributed by atoms with van der Waals surface area (Å²) in [4.78, 5) is 8.19. The Bertz CT molecular complexity index is 278. The van der Waals surface area contributed by atoms with Gasteiger partial charge in [0.1, 0.15) is 0 Å². The van der Waals surface area contributed by atoms with Crippen molar-refractivity contribution in [2.24, 2.45) is 0 Å². The number of rotatable bonds is 4. The maximum absolute atomic E-state index is 5.67. The summed E-state index contributed by atoms with van der Waals surface area (Å²) in [5.74, 6) is 0.444. The monoisotopic (exact) mass is 200 g/mol. The van der Waals surface area contributed by atoms with Crippen molar-refractivity contribution in [3.63, 3.8) is 0 Å². The smallest absolute Gasteiger partial charge is 0.316 e. The molecule has 3 nitrogen and oxygen atoms in total. The molecule has 0 bridgehead atoms. The molecule has 0 radical (unpaired) electrons. The highest BCUT2D eigenvalue weighted by atomic mass is 35.5. The molecule has 0 aliphatic heterocycles. The quantitative estimate of drug-likeness (QED) is 0.700. The molecule has 4 heteroatoms. The minimum Gasteiger partial charge on any atom is -0.463 e. The molecule has 0 aromatic carbocycles. The first-order valence-electron chi connectivity index (χ1n) is 4.29. The second kappa shape index (κ2) is 5.02. The average molecular weight is 201 g/mol. The normalized spacial score (nSPS) is 10.1. The molecule has 72 valence electrons. The van der Waals surface area contributed by atoms with Gasteiger partial charge in [-0.05, 0) is 13.3 Å². The molecule has 1 rings (SSSR count). The number of hydrogen-bond acceptors (Lipinski definition) is 3. The fourth-order valence-electron chi connectivity index (χ4n) is 0.865. The Balaban J connectivity index is 2.71. The molecule has 1 aromatic rings. The lowest BCUT2D eigenvalue weighted by molar-refractivity contribution is 0.291. The van der Waals surface area contributed by atoms with Crippen molar-refractivity contribution in [1.82, 2.24) is 9.97 Å². The molecule has 1 aromatic heterocycles. The number of hydrogen-bond donors (Lipinski definition) is 0. The summed E-state index contributed by atoms with van der Waals surface area (Å²) in [6.07, 6.45) is 2.67. The van der Waals surface area contributed by atoms with Gasteiger partial charge in [-0.25, -0.2) is 9.97 Å². The van der Waals surface area contributed by atoms with E-state index in [1.54, 1.807) is 6.20 Å². The van der Waals surface area contributed by atoms with Gasteiger partial charge in [-0.2, -0.15) is 0 Å². The van der Waals surface area contributed by atoms with E-state index in [2.05, 4.69) is 9.97 Å². The molecule has 0 fully saturated rings. The van der Waals surface area contributed by atoms with E-state index in [-0.39, 0.29) is 0 Å². The Morgan fingerprint density at radius 3 is 2.85 bits per heavy atom. The number of aromatic nitrogens is 2. The molecular formula is C9H13ClN2O. The highest BCUT2D eigenvalue weighted by Crippen LogP contribution is 2.10. The first-order chi connectivity index (χ1) is 6.27. The fourth-order valence-corrected chi connectivity index (χ4v) is 1.13. The van der Waals surface area contributed by atoms with Crippen molar-refractivity contribution in [3.8, 4) is 6.01 Å². The van der Waals surface area contributed by atoms with Crippen LogP contribution in [0.2, 0.25) is 0 Å². The molecule has 1 heterocycles. The maximum Gasteiger partial charge on any atom is 0.316 e. The van der Waals surface area contributed by atoms with E-state index in [0.717, 1.165) is 17.7 Å². The van der Waals surface area contributed by atoms with Crippen LogP contribution in [0.15, 0.2) is 6.20 Å². The number of aryl methyl sites for hydroxylation is 1. The van der Waals surface area contributed by atoms with Crippen LogP contribution in [0.25, 0.3) is 0 Å². The van der Waals surface area contributed by atoms with Crippen LogP contribution in [0, 0.1) is 6.92 Å². The molecule has 0 atom stereocenters. The first-order valence-corrected chi connectivity index (χ1v) is 4.82. The Morgan fingerprint density at radius 2 is 2.31 bits per heavy atom. The number of nitrogens with zero attached hydrogens (tertiary/aromatic N) is 2. The lowest BCUT2D eigenvalue weighted by atomic mass is 10.3. The van der Waals surface area contributed by atoms with Crippen LogP contribution in [0.3, 0.4) is 0 Å². The highest BCUT2D eigenvalue weighted by molar-refractivity contribution is 6.17. The topological polar surface area (TPSA) is 35.0 Å². The highest BCUT2D eigenvalue weighted by Gasteiger charge is 2.02. The predicted octanol–water partition coefficient (Wildman–Crippen LogP) is 2.31. The Morgan fingerprint density at radius 1 is 1.54 bits per heavy atom. The molecule has 13 heavy (non-hydrogen) atoms. The van der Waals surface area contributed by atoms with Gasteiger partial charge in [-0.3, -0.25) is 0 Å². The molecule has 0 aliphatic carbocycles. The Kier molecular flexibility index (Phi) is 3.96. The summed E-state index contributed by atoms with van der Waals surface area (Å²) < 4.78 is 5.27. The molecule has 0 unspecified atom stereocenters. The lowest BCUT2D eigenvalue weighted by Gasteiger charge is -2.04. The van der Waals surface area contributed by atoms with E-state index in [0.29, 0.717) is 18.5 Å². The van der Waals surface area contributed by atoms with Gasteiger partial charge in [-0.1, -0.05) is 6.92 Å². The largest absolute Gasteiger partial charge is 0.463 e. The molecule has 0 saturated heterocycles. The summed E-state index contributed by atoms with van der Waals surface area (Å²) in [5, 5.41) is 0. The average Bonchev–Trinajstić information content (AvgIpc) is 2.15. The summed E-state index contributed by atoms with van der Waals surface area (Å²) in [6, 6.07) is 0.438. The van der Waals surface area contributed by atoms with Crippen molar-refractivity contribution in [2.45, 2.75) is 26.1 Å². The van der Waals surface area contributed by atoms with E-state index in [1.165, 1.54) is 0 Å². The Hall–Kier alpha value is -0.830. The van der Waals surface area contributed by atoms with Gasteiger partial charge in [-0.15, -0.1) is 11.6 Å². The van der Waals surface area contributed by atoms with Gasteiger partial charge in [0.2, 0.25) is 0 Å². The van der Waals surface area contributed by atoms with Gasteiger partial charge in [0, 0.05) is 17.5 Å². The van der Waals surface area contributed by atoms with Gasteiger partial charge in [0.15, 0.2) is 0 Å². The second-order valence-electron chi connectivity index (χ2n) is 2.75. The summed E-state index contributed by atoms with van der Waals surface area (Å²) in [6.45, 7) is 4.60. The van der Waals surface area contributed by atoms with Crippen LogP contribution < -0.4 is 4.74 Å². The maximum atomic E-state index is 5.67. The minimum absolute atomic E-state index is 0.438. The second-order valence-corrected chi connectivity index (χ2v) is 3.01. The van der Waals surface area contributed by atoms with E-state index in [4.69, 9.17) is 16.3 Å². The molecule has 0 amide bonds. The van der Waals surface area contributed by atoms with E-state index < -0.39 is 0 Å². The van der Waals surface area contributed by atoms with E-state index >= 15 is 0 Å². The third kappa shape index (κ3) is 2.84. The molecule has 0 aliphatic rings. The van der Waals surface area contributed by atoms with Crippen LogP contribution >= 0.6 is 11.6 Å². The van der Waals surface area contributed by atoms with Crippen LogP contribution in [-0.4, -0.2) is 16.6 Å². The third-order valence-electron chi connectivity index (χ3n) is 1.64. The number of ether oxygens (including phenoxy) is 1. The Labute approximate surface area is 83.1 Å².